The van der Waals surface area contributed by atoms with Crippen LogP contribution in [0.3, 0.4) is 0 Å². The van der Waals surface area contributed by atoms with Gasteiger partial charge in [-0.15, -0.1) is 0 Å². The van der Waals surface area contributed by atoms with Crippen LogP contribution in [0, 0.1) is 11.7 Å². The molecule has 104 valence electrons. The molecule has 0 heterocycles. The topological polar surface area (TPSA) is 47.6 Å². The number of hydrogen-bond acceptors (Lipinski definition) is 4. The molecule has 1 unspecified atom stereocenters. The summed E-state index contributed by atoms with van der Waals surface area (Å²) in [6.07, 6.45) is 1.90. The average molecular weight is 267 g/mol. The number of halogens is 1. The minimum Gasteiger partial charge on any atom is -0.467 e. The van der Waals surface area contributed by atoms with E-state index in [0.29, 0.717) is 5.69 Å². The summed E-state index contributed by atoms with van der Waals surface area (Å²) in [5, 5.41) is 3.17. The van der Waals surface area contributed by atoms with Crippen LogP contribution in [-0.2, 0) is 14.3 Å². The fourth-order valence-electron chi connectivity index (χ4n) is 2.31. The van der Waals surface area contributed by atoms with E-state index in [1.165, 1.54) is 19.2 Å². The second-order valence-electron chi connectivity index (χ2n) is 4.80. The van der Waals surface area contributed by atoms with E-state index in [9.17, 15) is 9.18 Å². The number of ether oxygens (including phenoxy) is 2. The van der Waals surface area contributed by atoms with Gasteiger partial charge in [0.25, 0.3) is 0 Å². The zero-order valence-electron chi connectivity index (χ0n) is 11.1. The van der Waals surface area contributed by atoms with E-state index in [-0.39, 0.29) is 24.3 Å². The number of carbonyl (C=O) groups is 1. The van der Waals surface area contributed by atoms with E-state index < -0.39 is 5.54 Å². The van der Waals surface area contributed by atoms with Crippen LogP contribution in [-0.4, -0.2) is 32.3 Å². The number of hydrogen-bond donors (Lipinski definition) is 1. The lowest BCUT2D eigenvalue weighted by Crippen LogP contribution is -2.53. The highest BCUT2D eigenvalue weighted by molar-refractivity contribution is 5.85. The predicted octanol–water partition coefficient (Wildman–Crippen LogP) is 2.21. The van der Waals surface area contributed by atoms with E-state index in [1.807, 2.05) is 0 Å². The summed E-state index contributed by atoms with van der Waals surface area (Å²) in [7, 11) is 2.91. The summed E-state index contributed by atoms with van der Waals surface area (Å²) in [5.74, 6) is -0.474. The molecule has 5 heteroatoms. The molecule has 1 aliphatic carbocycles. The standard InChI is InChI=1S/C14H18FNO3/c1-18-9-14(10-3-4-10,13(17)19-2)16-12-7-5-11(15)6-8-12/h5-8,10,16H,3-4,9H2,1-2H3. The third-order valence-corrected chi connectivity index (χ3v) is 3.41. The zero-order chi connectivity index (χ0) is 13.9. The first kappa shape index (κ1) is 13.8. The molecule has 1 saturated carbocycles. The molecule has 4 nitrogen and oxygen atoms in total. The maximum Gasteiger partial charge on any atom is 0.334 e. The number of nitrogens with one attached hydrogen (secondary N) is 1. The lowest BCUT2D eigenvalue weighted by molar-refractivity contribution is -0.149. The fourth-order valence-corrected chi connectivity index (χ4v) is 2.31. The van der Waals surface area contributed by atoms with Crippen molar-refractivity contribution in [3.05, 3.63) is 30.1 Å². The Morgan fingerprint density at radius 1 is 1.37 bits per heavy atom. The molecule has 1 aromatic carbocycles. The van der Waals surface area contributed by atoms with Crippen molar-refractivity contribution in [1.29, 1.82) is 0 Å². The highest BCUT2D eigenvalue weighted by Crippen LogP contribution is 2.42. The van der Waals surface area contributed by atoms with E-state index in [2.05, 4.69) is 5.32 Å². The summed E-state index contributed by atoms with van der Waals surface area (Å²) in [6.45, 7) is 0.224. The molecule has 1 atom stereocenters. The predicted molar refractivity (Wildman–Crippen MR) is 69.4 cm³/mol. The first-order valence-electron chi connectivity index (χ1n) is 6.23. The van der Waals surface area contributed by atoms with Crippen molar-refractivity contribution in [1.82, 2.24) is 0 Å². The summed E-state index contributed by atoms with van der Waals surface area (Å²) < 4.78 is 23.0. The molecule has 1 N–H and O–H groups in total. The van der Waals surface area contributed by atoms with Crippen LogP contribution in [0.25, 0.3) is 0 Å². The molecule has 0 radical (unpaired) electrons. The molecule has 19 heavy (non-hydrogen) atoms. The SMILES string of the molecule is COCC(Nc1ccc(F)cc1)(C(=O)OC)C1CC1. The Bertz CT molecular complexity index is 445. The van der Waals surface area contributed by atoms with Gasteiger partial charge in [0.2, 0.25) is 0 Å². The molecular weight excluding hydrogens is 249 g/mol. The van der Waals surface area contributed by atoms with Crippen LogP contribution >= 0.6 is 0 Å². The van der Waals surface area contributed by atoms with Gasteiger partial charge in [-0.2, -0.15) is 0 Å². The zero-order valence-corrected chi connectivity index (χ0v) is 11.1. The molecule has 0 spiro atoms. The maximum absolute atomic E-state index is 12.9. The Kier molecular flexibility index (Phi) is 4.04. The van der Waals surface area contributed by atoms with Crippen molar-refractivity contribution in [3.63, 3.8) is 0 Å². The van der Waals surface area contributed by atoms with Gasteiger partial charge in [-0.3, -0.25) is 0 Å². The Morgan fingerprint density at radius 2 is 2.00 bits per heavy atom. The smallest absolute Gasteiger partial charge is 0.334 e. The molecule has 2 rings (SSSR count). The van der Waals surface area contributed by atoms with Gasteiger partial charge in [-0.05, 0) is 43.0 Å². The number of rotatable bonds is 6. The molecule has 0 bridgehead atoms. The molecule has 0 aliphatic heterocycles. The van der Waals surface area contributed by atoms with E-state index in [4.69, 9.17) is 9.47 Å². The Balaban J connectivity index is 2.26. The van der Waals surface area contributed by atoms with Gasteiger partial charge < -0.3 is 14.8 Å². The van der Waals surface area contributed by atoms with Crippen molar-refractivity contribution >= 4 is 11.7 Å². The lowest BCUT2D eigenvalue weighted by atomic mass is 9.93. The van der Waals surface area contributed by atoms with Crippen molar-refractivity contribution in [2.45, 2.75) is 18.4 Å². The number of carbonyl (C=O) groups excluding carboxylic acids is 1. The van der Waals surface area contributed by atoms with E-state index in [1.54, 1.807) is 19.2 Å². The second-order valence-corrected chi connectivity index (χ2v) is 4.80. The minimum atomic E-state index is -0.888. The highest BCUT2D eigenvalue weighted by Gasteiger charge is 2.52. The Labute approximate surface area is 111 Å². The van der Waals surface area contributed by atoms with Gasteiger partial charge in [-0.25, -0.2) is 9.18 Å². The van der Waals surface area contributed by atoms with Crippen molar-refractivity contribution in [2.75, 3.05) is 26.1 Å². The molecule has 1 aliphatic rings. The Hall–Kier alpha value is -1.62. The third-order valence-electron chi connectivity index (χ3n) is 3.41. The first-order valence-corrected chi connectivity index (χ1v) is 6.23. The van der Waals surface area contributed by atoms with Gasteiger partial charge in [0.05, 0.1) is 13.7 Å². The van der Waals surface area contributed by atoms with Gasteiger partial charge in [-0.1, -0.05) is 0 Å². The largest absolute Gasteiger partial charge is 0.467 e. The quantitative estimate of drug-likeness (QED) is 0.803. The summed E-state index contributed by atoms with van der Waals surface area (Å²) in [4.78, 5) is 12.1. The third kappa shape index (κ3) is 2.87. The first-order chi connectivity index (χ1) is 9.12. The van der Waals surface area contributed by atoms with E-state index >= 15 is 0 Å². The van der Waals surface area contributed by atoms with Crippen molar-refractivity contribution in [2.24, 2.45) is 5.92 Å². The van der Waals surface area contributed by atoms with Gasteiger partial charge in [0.15, 0.2) is 5.54 Å². The summed E-state index contributed by atoms with van der Waals surface area (Å²) in [6, 6.07) is 5.91. The lowest BCUT2D eigenvalue weighted by Gasteiger charge is -2.32. The monoisotopic (exact) mass is 267 g/mol. The van der Waals surface area contributed by atoms with Crippen LogP contribution in [0.4, 0.5) is 10.1 Å². The second kappa shape index (κ2) is 5.57. The molecule has 0 amide bonds. The molecule has 0 aromatic heterocycles. The fraction of sp³-hybridized carbons (Fsp3) is 0.500. The van der Waals surface area contributed by atoms with Gasteiger partial charge in [0.1, 0.15) is 5.82 Å². The molecule has 1 fully saturated rings. The highest BCUT2D eigenvalue weighted by atomic mass is 19.1. The van der Waals surface area contributed by atoms with Crippen LogP contribution in [0.5, 0.6) is 0 Å². The number of methoxy groups -OCH3 is 2. The van der Waals surface area contributed by atoms with Crippen LogP contribution in [0.2, 0.25) is 0 Å². The average Bonchev–Trinajstić information content (AvgIpc) is 3.24. The molecule has 0 saturated heterocycles. The number of esters is 1. The number of benzene rings is 1. The maximum atomic E-state index is 12.9. The molecular formula is C14H18FNO3. The van der Waals surface area contributed by atoms with Gasteiger partial charge in [0, 0.05) is 12.8 Å². The van der Waals surface area contributed by atoms with Crippen LogP contribution < -0.4 is 5.32 Å². The van der Waals surface area contributed by atoms with Gasteiger partial charge >= 0.3 is 5.97 Å². The number of anilines is 1. The van der Waals surface area contributed by atoms with Crippen molar-refractivity contribution in [3.8, 4) is 0 Å². The van der Waals surface area contributed by atoms with Crippen LogP contribution in [0.15, 0.2) is 24.3 Å². The van der Waals surface area contributed by atoms with E-state index in [0.717, 1.165) is 12.8 Å². The van der Waals surface area contributed by atoms with Crippen LogP contribution in [0.1, 0.15) is 12.8 Å². The molecule has 1 aromatic rings. The summed E-state index contributed by atoms with van der Waals surface area (Å²) in [5.41, 5.74) is -0.211. The van der Waals surface area contributed by atoms with Crippen molar-refractivity contribution < 1.29 is 18.7 Å². The summed E-state index contributed by atoms with van der Waals surface area (Å²) >= 11 is 0. The normalized spacial score (nSPS) is 17.6. The minimum absolute atomic E-state index is 0.185. The Morgan fingerprint density at radius 3 is 2.47 bits per heavy atom.